The molecule has 6 N–H and O–H groups in total. The van der Waals surface area contributed by atoms with Crippen LogP contribution in [0.5, 0.6) is 5.75 Å². The summed E-state index contributed by atoms with van der Waals surface area (Å²) in [6.07, 6.45) is 1.78. The molecule has 0 aliphatic heterocycles. The van der Waals surface area contributed by atoms with Crippen molar-refractivity contribution < 1.29 is 29.3 Å². The van der Waals surface area contributed by atoms with E-state index in [1.54, 1.807) is 12.1 Å². The molecule has 0 radical (unpaired) electrons. The lowest BCUT2D eigenvalue weighted by Crippen LogP contribution is -2.53. The van der Waals surface area contributed by atoms with Crippen LogP contribution in [0.4, 0.5) is 0 Å². The topological polar surface area (TPSA) is 151 Å². The number of carbonyl (C=O) groups is 3. The lowest BCUT2D eigenvalue weighted by Gasteiger charge is -2.23. The van der Waals surface area contributed by atoms with Crippen molar-refractivity contribution in [1.82, 2.24) is 10.6 Å². The Kier molecular flexibility index (Phi) is 11.9. The largest absolute Gasteiger partial charge is 0.491 e. The number of ether oxygens (including phenoxy) is 1. The molecule has 1 aromatic carbocycles. The van der Waals surface area contributed by atoms with Crippen LogP contribution in [-0.2, 0) is 16.0 Å². The number of aliphatic carboxylic acids is 1. The number of rotatable bonds is 14. The van der Waals surface area contributed by atoms with Crippen LogP contribution in [0, 0.1) is 11.8 Å². The van der Waals surface area contributed by atoms with E-state index in [2.05, 4.69) is 24.5 Å². The number of carbonyl (C=O) groups excluding carboxylic acids is 2. The van der Waals surface area contributed by atoms with Gasteiger partial charge in [-0.05, 0) is 48.8 Å². The molecular weight excluding hydrogens is 426 g/mol. The minimum atomic E-state index is -1.45. The summed E-state index contributed by atoms with van der Waals surface area (Å²) >= 11 is 0. The van der Waals surface area contributed by atoms with Gasteiger partial charge in [0.25, 0.3) is 5.91 Å². The summed E-state index contributed by atoms with van der Waals surface area (Å²) in [5.74, 6) is -1.71. The summed E-state index contributed by atoms with van der Waals surface area (Å²) in [5.41, 5.74) is 7.33. The molecule has 0 spiro atoms. The van der Waals surface area contributed by atoms with Crippen molar-refractivity contribution in [1.29, 1.82) is 0 Å². The van der Waals surface area contributed by atoms with Gasteiger partial charge in [0.15, 0.2) is 0 Å². The number of aliphatic hydroxyl groups is 1. The van der Waals surface area contributed by atoms with E-state index in [1.165, 1.54) is 0 Å². The van der Waals surface area contributed by atoms with E-state index in [4.69, 9.17) is 15.6 Å². The Bertz CT molecular complexity index is 796. The Hall–Kier alpha value is -2.65. The fourth-order valence-electron chi connectivity index (χ4n) is 3.37. The number of carboxylic acids is 1. The van der Waals surface area contributed by atoms with Gasteiger partial charge in [-0.15, -0.1) is 0 Å². The number of hydrogen-bond donors (Lipinski definition) is 5. The van der Waals surface area contributed by atoms with E-state index >= 15 is 0 Å². The molecule has 0 heterocycles. The van der Waals surface area contributed by atoms with Gasteiger partial charge in [0.2, 0.25) is 5.91 Å². The van der Waals surface area contributed by atoms with Crippen LogP contribution in [-0.4, -0.2) is 59.3 Å². The Morgan fingerprint density at radius 2 is 1.67 bits per heavy atom. The summed E-state index contributed by atoms with van der Waals surface area (Å²) in [6.45, 7) is 9.37. The van der Waals surface area contributed by atoms with Crippen LogP contribution in [0.3, 0.4) is 0 Å². The molecule has 9 nitrogen and oxygen atoms in total. The van der Waals surface area contributed by atoms with Crippen molar-refractivity contribution in [2.45, 2.75) is 72.0 Å². The fraction of sp³-hybridized carbons (Fsp3) is 0.625. The highest BCUT2D eigenvalue weighted by Crippen LogP contribution is 2.22. The number of aliphatic hydroxyl groups excluding tert-OH is 1. The monoisotopic (exact) mass is 465 g/mol. The number of nitrogens with two attached hydrogens (primary N) is 1. The molecule has 9 heteroatoms. The number of hydrogen-bond acceptors (Lipinski definition) is 6. The summed E-state index contributed by atoms with van der Waals surface area (Å²) in [4.78, 5) is 37.0. The standard InChI is InChI=1S/C24H39N3O6/c1-6-16-7-8-21(33-13-17(25)9-14(2)3)18(11-16)22(29)26-19(10-15(4)5)23(30)27-20(12-28)24(31)32/h7-8,11,14-15,17,19-20,28H,6,9-10,12-13,25H2,1-5H3,(H,26,29)(H,27,30)(H,31,32)/t17-,19-,20-/m0/s1. The molecule has 3 atom stereocenters. The lowest BCUT2D eigenvalue weighted by molar-refractivity contribution is -0.143. The number of aryl methyl sites for hydroxylation is 1. The van der Waals surface area contributed by atoms with Crippen LogP contribution in [0.15, 0.2) is 18.2 Å². The highest BCUT2D eigenvalue weighted by atomic mass is 16.5. The molecule has 33 heavy (non-hydrogen) atoms. The van der Waals surface area contributed by atoms with Crippen LogP contribution < -0.4 is 21.1 Å². The van der Waals surface area contributed by atoms with Crippen molar-refractivity contribution >= 4 is 17.8 Å². The molecule has 0 fully saturated rings. The second kappa shape index (κ2) is 13.8. The Labute approximate surface area is 196 Å². The van der Waals surface area contributed by atoms with Crippen LogP contribution in [0.1, 0.15) is 63.4 Å². The molecule has 0 saturated heterocycles. The maximum Gasteiger partial charge on any atom is 0.328 e. The first-order valence-corrected chi connectivity index (χ1v) is 11.4. The van der Waals surface area contributed by atoms with Crippen molar-refractivity contribution in [3.63, 3.8) is 0 Å². The van der Waals surface area contributed by atoms with Crippen molar-refractivity contribution in [2.24, 2.45) is 17.6 Å². The van der Waals surface area contributed by atoms with Crippen LogP contribution in [0.25, 0.3) is 0 Å². The molecular formula is C24H39N3O6. The summed E-state index contributed by atoms with van der Waals surface area (Å²) in [6, 6.07) is 2.70. The minimum Gasteiger partial charge on any atom is -0.491 e. The highest BCUT2D eigenvalue weighted by molar-refractivity contribution is 6.00. The van der Waals surface area contributed by atoms with Gasteiger partial charge in [-0.25, -0.2) is 4.79 Å². The predicted molar refractivity (Wildman–Crippen MR) is 126 cm³/mol. The third-order valence-corrected chi connectivity index (χ3v) is 5.05. The first-order chi connectivity index (χ1) is 15.5. The van der Waals surface area contributed by atoms with Crippen molar-refractivity contribution in [3.8, 4) is 5.75 Å². The third kappa shape index (κ3) is 9.79. The Morgan fingerprint density at radius 1 is 1.03 bits per heavy atom. The van der Waals surface area contributed by atoms with Gasteiger partial charge < -0.3 is 31.3 Å². The summed E-state index contributed by atoms with van der Waals surface area (Å²) in [5, 5.41) is 23.3. The fourth-order valence-corrected chi connectivity index (χ4v) is 3.37. The first-order valence-electron chi connectivity index (χ1n) is 11.4. The molecule has 0 bridgehead atoms. The van der Waals surface area contributed by atoms with Gasteiger partial charge in [0, 0.05) is 6.04 Å². The van der Waals surface area contributed by atoms with Crippen molar-refractivity contribution in [3.05, 3.63) is 29.3 Å². The van der Waals surface area contributed by atoms with Gasteiger partial charge in [-0.3, -0.25) is 9.59 Å². The average Bonchev–Trinajstić information content (AvgIpc) is 2.74. The van der Waals surface area contributed by atoms with E-state index in [1.807, 2.05) is 26.8 Å². The van der Waals surface area contributed by atoms with Gasteiger partial charge in [-0.1, -0.05) is 40.7 Å². The zero-order valence-corrected chi connectivity index (χ0v) is 20.3. The summed E-state index contributed by atoms with van der Waals surface area (Å²) < 4.78 is 5.86. The maximum absolute atomic E-state index is 13.2. The van der Waals surface area contributed by atoms with Crippen LogP contribution in [0.2, 0.25) is 0 Å². The molecule has 0 unspecified atom stereocenters. The molecule has 0 aliphatic rings. The van der Waals surface area contributed by atoms with Gasteiger partial charge in [0.05, 0.1) is 12.2 Å². The zero-order chi connectivity index (χ0) is 25.1. The second-order valence-electron chi connectivity index (χ2n) is 9.12. The number of nitrogens with one attached hydrogen (secondary N) is 2. The maximum atomic E-state index is 13.2. The quantitative estimate of drug-likeness (QED) is 0.280. The highest BCUT2D eigenvalue weighted by Gasteiger charge is 2.28. The normalized spacial score (nSPS) is 14.0. The minimum absolute atomic E-state index is 0.0465. The van der Waals surface area contributed by atoms with E-state index in [9.17, 15) is 19.5 Å². The number of benzene rings is 1. The molecule has 1 aromatic rings. The molecule has 0 aromatic heterocycles. The van der Waals surface area contributed by atoms with E-state index in [0.717, 1.165) is 12.0 Å². The van der Waals surface area contributed by atoms with E-state index in [0.29, 0.717) is 18.1 Å². The molecule has 186 valence electrons. The zero-order valence-electron chi connectivity index (χ0n) is 20.3. The lowest BCUT2D eigenvalue weighted by atomic mass is 10.0. The van der Waals surface area contributed by atoms with E-state index < -0.39 is 36.5 Å². The molecule has 1 rings (SSSR count). The van der Waals surface area contributed by atoms with Crippen molar-refractivity contribution in [2.75, 3.05) is 13.2 Å². The molecule has 0 saturated carbocycles. The second-order valence-corrected chi connectivity index (χ2v) is 9.12. The van der Waals surface area contributed by atoms with E-state index in [-0.39, 0.29) is 30.6 Å². The predicted octanol–water partition coefficient (Wildman–Crippen LogP) is 1.71. The molecule has 0 aliphatic carbocycles. The SMILES string of the molecule is CCc1ccc(OC[C@@H](N)CC(C)C)c(C(=O)N[C@@H](CC(C)C)C(=O)N[C@@H](CO)C(=O)O)c1. The Balaban J connectivity index is 3.09. The average molecular weight is 466 g/mol. The number of amides is 2. The summed E-state index contributed by atoms with van der Waals surface area (Å²) in [7, 11) is 0. The Morgan fingerprint density at radius 3 is 2.18 bits per heavy atom. The van der Waals surface area contributed by atoms with Gasteiger partial charge in [0.1, 0.15) is 24.4 Å². The smallest absolute Gasteiger partial charge is 0.328 e. The molecule has 2 amide bonds. The van der Waals surface area contributed by atoms with Gasteiger partial charge >= 0.3 is 5.97 Å². The first kappa shape index (κ1) is 28.4. The number of carboxylic acid groups (broad SMARTS) is 1. The van der Waals surface area contributed by atoms with Crippen LogP contribution >= 0.6 is 0 Å². The van der Waals surface area contributed by atoms with Gasteiger partial charge in [-0.2, -0.15) is 0 Å². The third-order valence-electron chi connectivity index (χ3n) is 5.05.